The number of fused-ring (bicyclic) bond motifs is 1. The number of aliphatic hydroxyl groups excluding tert-OH is 1. The molecule has 4 nitrogen and oxygen atoms in total. The van der Waals surface area contributed by atoms with Crippen molar-refractivity contribution in [2.45, 2.75) is 56.6 Å². The Bertz CT molecular complexity index is 484. The standard InChI is InChI=1S/C15H21BrO4/c1-14(2)10-6-9(8-7-19-13(18)12(8)17)20-15(10,3)5-4-11(14)16/h9-11,17H,4-7H2,1-3H3. The lowest BCUT2D eigenvalue weighted by Gasteiger charge is -2.48. The van der Waals surface area contributed by atoms with Crippen LogP contribution >= 0.6 is 15.9 Å². The van der Waals surface area contributed by atoms with Crippen molar-refractivity contribution in [1.82, 2.24) is 0 Å². The van der Waals surface area contributed by atoms with Crippen LogP contribution in [0.4, 0.5) is 0 Å². The molecule has 0 bridgehead atoms. The molecule has 20 heavy (non-hydrogen) atoms. The van der Waals surface area contributed by atoms with Crippen LogP contribution in [0.2, 0.25) is 0 Å². The number of carbonyl (C=O) groups is 1. The van der Waals surface area contributed by atoms with Crippen LogP contribution in [-0.2, 0) is 14.3 Å². The van der Waals surface area contributed by atoms with Gasteiger partial charge in [-0.3, -0.25) is 0 Å². The highest BCUT2D eigenvalue weighted by atomic mass is 79.9. The molecule has 3 rings (SSSR count). The average Bonchev–Trinajstić information content (AvgIpc) is 2.89. The lowest BCUT2D eigenvalue weighted by atomic mass is 9.61. The topological polar surface area (TPSA) is 55.8 Å². The van der Waals surface area contributed by atoms with Crippen LogP contribution in [0.5, 0.6) is 0 Å². The van der Waals surface area contributed by atoms with Crippen molar-refractivity contribution in [2.75, 3.05) is 6.61 Å². The number of cyclic esters (lactones) is 1. The lowest BCUT2D eigenvalue weighted by molar-refractivity contribution is -0.138. The lowest BCUT2D eigenvalue weighted by Crippen LogP contribution is -2.49. The molecule has 3 aliphatic rings. The van der Waals surface area contributed by atoms with Crippen LogP contribution in [0.3, 0.4) is 0 Å². The first-order valence-corrected chi connectivity index (χ1v) is 8.08. The predicted octanol–water partition coefficient (Wildman–Crippen LogP) is 3.10. The maximum absolute atomic E-state index is 11.3. The number of esters is 1. The first kappa shape index (κ1) is 14.4. The number of hydrogen-bond donors (Lipinski definition) is 1. The molecule has 1 N–H and O–H groups in total. The van der Waals surface area contributed by atoms with Gasteiger partial charge >= 0.3 is 5.97 Å². The second kappa shape index (κ2) is 4.47. The van der Waals surface area contributed by atoms with Gasteiger partial charge < -0.3 is 14.6 Å². The van der Waals surface area contributed by atoms with Gasteiger partial charge in [0.2, 0.25) is 5.76 Å². The minimum atomic E-state index is -0.624. The van der Waals surface area contributed by atoms with Crippen molar-refractivity contribution in [3.05, 3.63) is 11.3 Å². The number of carbonyl (C=O) groups excluding carboxylic acids is 1. The van der Waals surface area contributed by atoms with E-state index in [0.717, 1.165) is 19.3 Å². The molecule has 112 valence electrons. The highest BCUT2D eigenvalue weighted by Gasteiger charge is 2.57. The van der Waals surface area contributed by atoms with Crippen LogP contribution in [-0.4, -0.2) is 34.2 Å². The number of rotatable bonds is 1. The quantitative estimate of drug-likeness (QED) is 0.586. The Hall–Kier alpha value is -0.550. The Morgan fingerprint density at radius 1 is 1.35 bits per heavy atom. The van der Waals surface area contributed by atoms with Gasteiger partial charge in [-0.05, 0) is 37.5 Å². The fourth-order valence-electron chi connectivity index (χ4n) is 4.12. The molecular weight excluding hydrogens is 324 g/mol. The van der Waals surface area contributed by atoms with Gasteiger partial charge in [0.25, 0.3) is 0 Å². The SMILES string of the molecule is CC12CCC(Br)C(C)(C)C1CC(C1=C(O)C(=O)OC1)O2. The normalized spacial score (nSPS) is 43.6. The third-order valence-electron chi connectivity index (χ3n) is 5.44. The Morgan fingerprint density at radius 3 is 2.65 bits per heavy atom. The van der Waals surface area contributed by atoms with Crippen molar-refractivity contribution in [1.29, 1.82) is 0 Å². The molecule has 5 heteroatoms. The van der Waals surface area contributed by atoms with Gasteiger partial charge in [-0.1, -0.05) is 29.8 Å². The Balaban J connectivity index is 1.89. The second-order valence-corrected chi connectivity index (χ2v) is 8.09. The summed E-state index contributed by atoms with van der Waals surface area (Å²) < 4.78 is 11.2. The summed E-state index contributed by atoms with van der Waals surface area (Å²) in [5.74, 6) is -0.471. The molecule has 0 aromatic rings. The Kier molecular flexibility index (Phi) is 3.22. The van der Waals surface area contributed by atoms with E-state index >= 15 is 0 Å². The van der Waals surface area contributed by atoms with Crippen molar-refractivity contribution in [3.63, 3.8) is 0 Å². The first-order valence-electron chi connectivity index (χ1n) is 7.17. The number of alkyl halides is 1. The van der Waals surface area contributed by atoms with E-state index in [1.54, 1.807) is 0 Å². The van der Waals surface area contributed by atoms with Crippen LogP contribution in [0.15, 0.2) is 11.3 Å². The van der Waals surface area contributed by atoms with Gasteiger partial charge in [0.1, 0.15) is 6.61 Å². The zero-order chi connectivity index (χ0) is 14.7. The molecule has 0 aromatic carbocycles. The number of aliphatic hydroxyl groups is 1. The zero-order valence-electron chi connectivity index (χ0n) is 12.1. The maximum Gasteiger partial charge on any atom is 0.373 e. The maximum atomic E-state index is 11.3. The fraction of sp³-hybridized carbons (Fsp3) is 0.800. The van der Waals surface area contributed by atoms with Crippen LogP contribution in [0, 0.1) is 11.3 Å². The van der Waals surface area contributed by atoms with Crippen molar-refractivity contribution in [3.8, 4) is 0 Å². The molecule has 2 aliphatic heterocycles. The van der Waals surface area contributed by atoms with E-state index in [1.807, 2.05) is 0 Å². The smallest absolute Gasteiger partial charge is 0.373 e. The molecule has 0 spiro atoms. The zero-order valence-corrected chi connectivity index (χ0v) is 13.7. The third kappa shape index (κ3) is 1.93. The van der Waals surface area contributed by atoms with E-state index < -0.39 is 5.97 Å². The summed E-state index contributed by atoms with van der Waals surface area (Å²) in [6.07, 6.45) is 2.71. The number of halogens is 1. The summed E-state index contributed by atoms with van der Waals surface area (Å²) in [7, 11) is 0. The van der Waals surface area contributed by atoms with Gasteiger partial charge in [-0.25, -0.2) is 4.79 Å². The summed E-state index contributed by atoms with van der Waals surface area (Å²) in [4.78, 5) is 11.8. The highest BCUT2D eigenvalue weighted by molar-refractivity contribution is 9.09. The van der Waals surface area contributed by atoms with Crippen LogP contribution in [0.25, 0.3) is 0 Å². The van der Waals surface area contributed by atoms with Crippen molar-refractivity contribution < 1.29 is 19.4 Å². The molecule has 4 unspecified atom stereocenters. The number of ether oxygens (including phenoxy) is 2. The summed E-state index contributed by atoms with van der Waals surface area (Å²) in [5, 5.41) is 9.83. The molecule has 0 radical (unpaired) electrons. The predicted molar refractivity (Wildman–Crippen MR) is 77.7 cm³/mol. The third-order valence-corrected chi connectivity index (χ3v) is 7.08. The Morgan fingerprint density at radius 2 is 2.05 bits per heavy atom. The molecule has 0 aromatic heterocycles. The van der Waals surface area contributed by atoms with E-state index in [4.69, 9.17) is 9.47 Å². The summed E-state index contributed by atoms with van der Waals surface area (Å²) in [5.41, 5.74) is 0.561. The average molecular weight is 345 g/mol. The van der Waals surface area contributed by atoms with Gasteiger partial charge in [0, 0.05) is 10.4 Å². The number of hydrogen-bond acceptors (Lipinski definition) is 4. The molecular formula is C15H21BrO4. The van der Waals surface area contributed by atoms with Gasteiger partial charge in [0.05, 0.1) is 11.7 Å². The second-order valence-electron chi connectivity index (χ2n) is 6.99. The molecule has 4 atom stereocenters. The largest absolute Gasteiger partial charge is 0.502 e. The molecule has 2 heterocycles. The molecule has 2 fully saturated rings. The van der Waals surface area contributed by atoms with E-state index in [2.05, 4.69) is 36.7 Å². The molecule has 1 saturated heterocycles. The first-order chi connectivity index (χ1) is 9.25. The van der Waals surface area contributed by atoms with Gasteiger partial charge in [0.15, 0.2) is 0 Å². The Labute approximate surface area is 127 Å². The summed E-state index contributed by atoms with van der Waals surface area (Å²) in [6.45, 7) is 6.86. The van der Waals surface area contributed by atoms with Crippen LogP contribution in [0.1, 0.15) is 40.0 Å². The fourth-order valence-corrected chi connectivity index (χ4v) is 4.66. The van der Waals surface area contributed by atoms with E-state index in [0.29, 0.717) is 16.3 Å². The van der Waals surface area contributed by atoms with Crippen molar-refractivity contribution >= 4 is 21.9 Å². The monoisotopic (exact) mass is 344 g/mol. The minimum Gasteiger partial charge on any atom is -0.502 e. The van der Waals surface area contributed by atoms with Gasteiger partial charge in [-0.15, -0.1) is 0 Å². The molecule has 1 aliphatic carbocycles. The van der Waals surface area contributed by atoms with E-state index in [1.165, 1.54) is 0 Å². The summed E-state index contributed by atoms with van der Waals surface area (Å²) in [6, 6.07) is 0. The molecule has 1 saturated carbocycles. The van der Waals surface area contributed by atoms with E-state index in [-0.39, 0.29) is 29.5 Å². The highest BCUT2D eigenvalue weighted by Crippen LogP contribution is 2.57. The van der Waals surface area contributed by atoms with Gasteiger partial charge in [-0.2, -0.15) is 0 Å². The van der Waals surface area contributed by atoms with Crippen molar-refractivity contribution in [2.24, 2.45) is 11.3 Å². The van der Waals surface area contributed by atoms with E-state index in [9.17, 15) is 9.90 Å². The van der Waals surface area contributed by atoms with Crippen LogP contribution < -0.4 is 0 Å². The summed E-state index contributed by atoms with van der Waals surface area (Å²) >= 11 is 3.80. The minimum absolute atomic E-state index is 0.126. The molecule has 0 amide bonds.